The molecule has 0 spiro atoms. The third kappa shape index (κ3) is 3.72. The van der Waals surface area contributed by atoms with Crippen LogP contribution in [0.3, 0.4) is 0 Å². The number of rotatable bonds is 6. The lowest BCUT2D eigenvalue weighted by Crippen LogP contribution is -2.43. The molecule has 1 saturated carbocycles. The summed E-state index contributed by atoms with van der Waals surface area (Å²) < 4.78 is 45.1. The van der Waals surface area contributed by atoms with Crippen molar-refractivity contribution in [3.05, 3.63) is 29.3 Å². The molecule has 1 unspecified atom stereocenters. The quantitative estimate of drug-likeness (QED) is 0.850. The van der Waals surface area contributed by atoms with Crippen LogP contribution < -0.4 is 10.5 Å². The first kappa shape index (κ1) is 17.6. The molecule has 2 fully saturated rings. The number of primary amides is 1. The lowest BCUT2D eigenvalue weighted by molar-refractivity contribution is -0.121. The monoisotopic (exact) mass is 356 g/mol. The van der Waals surface area contributed by atoms with Crippen molar-refractivity contribution in [2.75, 3.05) is 19.8 Å². The maximum absolute atomic E-state index is 13.6. The Morgan fingerprint density at radius 3 is 2.64 bits per heavy atom. The topological polar surface area (TPSA) is 72.6 Å². The van der Waals surface area contributed by atoms with Gasteiger partial charge in [-0.1, -0.05) is 6.07 Å². The number of carbonyl (C=O) groups excluding carboxylic acids is 2. The van der Waals surface area contributed by atoms with E-state index in [0.717, 1.165) is 23.3 Å². The largest absolute Gasteiger partial charge is 0.491 e. The summed E-state index contributed by atoms with van der Waals surface area (Å²) in [5.41, 5.74) is 6.15. The van der Waals surface area contributed by atoms with Crippen LogP contribution >= 0.6 is 0 Å². The maximum Gasteiger partial charge on any atom is 0.267 e. The first-order valence-electron chi connectivity index (χ1n) is 8.13. The zero-order valence-corrected chi connectivity index (χ0v) is 13.5. The summed E-state index contributed by atoms with van der Waals surface area (Å²) in [4.78, 5) is 24.9. The summed E-state index contributed by atoms with van der Waals surface area (Å²) in [6.07, 6.45) is 1.20. The van der Waals surface area contributed by atoms with Crippen LogP contribution in [-0.2, 0) is 4.79 Å². The minimum Gasteiger partial charge on any atom is -0.491 e. The van der Waals surface area contributed by atoms with Gasteiger partial charge in [0, 0.05) is 12.0 Å². The van der Waals surface area contributed by atoms with Crippen molar-refractivity contribution in [1.29, 1.82) is 0 Å². The zero-order valence-electron chi connectivity index (χ0n) is 13.5. The van der Waals surface area contributed by atoms with E-state index >= 15 is 0 Å². The molecule has 2 aliphatic rings. The number of nitrogens with zero attached hydrogens (tertiary/aromatic N) is 1. The second-order valence-electron chi connectivity index (χ2n) is 6.48. The first-order chi connectivity index (χ1) is 11.8. The van der Waals surface area contributed by atoms with E-state index in [1.54, 1.807) is 6.07 Å². The minimum atomic E-state index is -3.16. The number of benzene rings is 1. The summed E-state index contributed by atoms with van der Waals surface area (Å²) in [5.74, 6) is -4.14. The Morgan fingerprint density at radius 1 is 1.32 bits per heavy atom. The molecular formula is C17H19F3N2O3. The van der Waals surface area contributed by atoms with Gasteiger partial charge >= 0.3 is 0 Å². The second-order valence-corrected chi connectivity index (χ2v) is 6.48. The molecule has 5 nitrogen and oxygen atoms in total. The zero-order chi connectivity index (χ0) is 18.2. The van der Waals surface area contributed by atoms with Crippen molar-refractivity contribution in [1.82, 2.24) is 4.90 Å². The Bertz CT molecular complexity index is 692. The van der Waals surface area contributed by atoms with Gasteiger partial charge in [0.05, 0.1) is 6.54 Å². The van der Waals surface area contributed by atoms with Crippen LogP contribution in [0.1, 0.15) is 41.1 Å². The average molecular weight is 356 g/mol. The Balaban J connectivity index is 1.87. The van der Waals surface area contributed by atoms with E-state index in [-0.39, 0.29) is 12.2 Å². The van der Waals surface area contributed by atoms with Crippen molar-refractivity contribution in [2.24, 2.45) is 5.73 Å². The van der Waals surface area contributed by atoms with Crippen molar-refractivity contribution in [2.45, 2.75) is 37.1 Å². The number of ether oxygens (including phenoxy) is 1. The van der Waals surface area contributed by atoms with Crippen LogP contribution in [0.25, 0.3) is 0 Å². The molecule has 1 atom stereocenters. The van der Waals surface area contributed by atoms with Crippen LogP contribution in [0, 0.1) is 0 Å². The fourth-order valence-corrected chi connectivity index (χ4v) is 3.12. The lowest BCUT2D eigenvalue weighted by Gasteiger charge is -2.22. The van der Waals surface area contributed by atoms with Crippen LogP contribution in [-0.4, -0.2) is 48.5 Å². The van der Waals surface area contributed by atoms with Gasteiger partial charge in [0.25, 0.3) is 11.8 Å². The number of hydrogen-bond acceptors (Lipinski definition) is 3. The van der Waals surface area contributed by atoms with Crippen LogP contribution in [0.5, 0.6) is 5.75 Å². The standard InChI is InChI=1S/C17H19F3N2O3/c18-5-6-25-14-7-11(3-4-12(14)10-1-2-10)16(24)22-9-17(19,20)8-13(22)15(21)23/h3-4,7,10,13H,1-2,5-6,8-9H2,(H2,21,23). The van der Waals surface area contributed by atoms with E-state index in [1.165, 1.54) is 12.1 Å². The molecule has 1 saturated heterocycles. The number of alkyl halides is 3. The highest BCUT2D eigenvalue weighted by molar-refractivity contribution is 5.98. The van der Waals surface area contributed by atoms with E-state index in [4.69, 9.17) is 10.5 Å². The molecule has 1 heterocycles. The van der Waals surface area contributed by atoms with Gasteiger partial charge in [-0.05, 0) is 36.5 Å². The molecule has 25 heavy (non-hydrogen) atoms. The highest BCUT2D eigenvalue weighted by atomic mass is 19.3. The molecule has 1 aliphatic heterocycles. The van der Waals surface area contributed by atoms with E-state index in [9.17, 15) is 22.8 Å². The molecule has 0 radical (unpaired) electrons. The normalized spacial score (nSPS) is 22.0. The Morgan fingerprint density at radius 2 is 2.04 bits per heavy atom. The van der Waals surface area contributed by atoms with E-state index < -0.39 is 43.4 Å². The number of hydrogen-bond donors (Lipinski definition) is 1. The fourth-order valence-electron chi connectivity index (χ4n) is 3.12. The number of nitrogens with two attached hydrogens (primary N) is 1. The minimum absolute atomic E-state index is 0.113. The Kier molecular flexibility index (Phi) is 4.62. The van der Waals surface area contributed by atoms with Crippen molar-refractivity contribution < 1.29 is 27.5 Å². The molecule has 1 aromatic carbocycles. The van der Waals surface area contributed by atoms with Crippen molar-refractivity contribution in [3.63, 3.8) is 0 Å². The smallest absolute Gasteiger partial charge is 0.267 e. The van der Waals surface area contributed by atoms with Gasteiger partial charge in [-0.25, -0.2) is 13.2 Å². The predicted octanol–water partition coefficient (Wildman–Crippen LogP) is 2.25. The number of likely N-dealkylation sites (tertiary alicyclic amines) is 1. The van der Waals surface area contributed by atoms with Crippen LogP contribution in [0.4, 0.5) is 13.2 Å². The number of carbonyl (C=O) groups is 2. The summed E-state index contributed by atoms with van der Waals surface area (Å²) in [5, 5.41) is 0. The molecule has 136 valence electrons. The van der Waals surface area contributed by atoms with Gasteiger partial charge in [0.2, 0.25) is 5.91 Å². The SMILES string of the molecule is NC(=O)C1CC(F)(F)CN1C(=O)c1ccc(C2CC2)c(OCCF)c1. The molecule has 2 N–H and O–H groups in total. The summed E-state index contributed by atoms with van der Waals surface area (Å²) in [6, 6.07) is 3.31. The third-order valence-electron chi connectivity index (χ3n) is 4.47. The van der Waals surface area contributed by atoms with Crippen molar-refractivity contribution >= 4 is 11.8 Å². The Labute approximate surface area is 142 Å². The molecule has 1 aromatic rings. The molecule has 1 aliphatic carbocycles. The van der Waals surface area contributed by atoms with Gasteiger partial charge in [0.15, 0.2) is 0 Å². The van der Waals surface area contributed by atoms with Gasteiger partial charge in [-0.15, -0.1) is 0 Å². The molecule has 0 bridgehead atoms. The molecular weight excluding hydrogens is 337 g/mol. The fraction of sp³-hybridized carbons (Fsp3) is 0.529. The highest BCUT2D eigenvalue weighted by Crippen LogP contribution is 2.44. The molecule has 3 rings (SSSR count). The van der Waals surface area contributed by atoms with Crippen molar-refractivity contribution in [3.8, 4) is 5.75 Å². The van der Waals surface area contributed by atoms with Crippen LogP contribution in [0.2, 0.25) is 0 Å². The predicted molar refractivity (Wildman–Crippen MR) is 83.5 cm³/mol. The van der Waals surface area contributed by atoms with Crippen LogP contribution in [0.15, 0.2) is 18.2 Å². The maximum atomic E-state index is 13.6. The summed E-state index contributed by atoms with van der Waals surface area (Å²) in [7, 11) is 0. The molecule has 0 aromatic heterocycles. The summed E-state index contributed by atoms with van der Waals surface area (Å²) >= 11 is 0. The Hall–Kier alpha value is -2.25. The second kappa shape index (κ2) is 6.57. The van der Waals surface area contributed by atoms with Gasteiger partial charge in [-0.3, -0.25) is 9.59 Å². The molecule has 2 amide bonds. The van der Waals surface area contributed by atoms with Gasteiger partial charge in [-0.2, -0.15) is 0 Å². The lowest BCUT2D eigenvalue weighted by atomic mass is 10.1. The average Bonchev–Trinajstić information content (AvgIpc) is 3.35. The summed E-state index contributed by atoms with van der Waals surface area (Å²) in [6.45, 7) is -1.68. The third-order valence-corrected chi connectivity index (χ3v) is 4.47. The van der Waals surface area contributed by atoms with E-state index in [1.807, 2.05) is 0 Å². The molecule has 8 heteroatoms. The number of amides is 2. The highest BCUT2D eigenvalue weighted by Gasteiger charge is 2.49. The van der Waals surface area contributed by atoms with E-state index in [0.29, 0.717) is 11.7 Å². The van der Waals surface area contributed by atoms with E-state index in [2.05, 4.69) is 0 Å². The number of halogens is 3. The first-order valence-corrected chi connectivity index (χ1v) is 8.13. The van der Waals surface area contributed by atoms with Gasteiger partial charge in [0.1, 0.15) is 25.1 Å². The van der Waals surface area contributed by atoms with Gasteiger partial charge < -0.3 is 15.4 Å².